The molecule has 0 atom stereocenters. The van der Waals surface area contributed by atoms with Gasteiger partial charge in [0.15, 0.2) is 17.3 Å². The van der Waals surface area contributed by atoms with Crippen molar-refractivity contribution in [3.05, 3.63) is 57.9 Å². The highest BCUT2D eigenvalue weighted by atomic mass is 16.3. The lowest BCUT2D eigenvalue weighted by molar-refractivity contribution is -0.148. The van der Waals surface area contributed by atoms with Crippen molar-refractivity contribution in [3.63, 3.8) is 0 Å². The predicted octanol–water partition coefficient (Wildman–Crippen LogP) is 7.96. The minimum Gasteiger partial charge on any atom is -0.510 e. The standard InChI is InChI=1S/C31H46O4/c1-20(2)11-15-30(16-12-21(3)4)27(33)26(25(32)19-24(9)10)28(34)31(29(30)35,17-13-22(5)6)18-14-23(7)8/h11-14,24,33H,15-19H2,1-10H3. The van der Waals surface area contributed by atoms with E-state index in [4.69, 9.17) is 0 Å². The number of allylic oxidation sites excluding steroid dienone is 10. The van der Waals surface area contributed by atoms with Crippen molar-refractivity contribution in [2.45, 2.75) is 101 Å². The number of aliphatic hydroxyl groups is 1. The zero-order chi connectivity index (χ0) is 27.1. The van der Waals surface area contributed by atoms with Gasteiger partial charge in [0.2, 0.25) is 0 Å². The second-order valence-corrected chi connectivity index (χ2v) is 11.5. The van der Waals surface area contributed by atoms with Crippen LogP contribution in [0.4, 0.5) is 0 Å². The lowest BCUT2D eigenvalue weighted by Gasteiger charge is -2.44. The van der Waals surface area contributed by atoms with Crippen LogP contribution in [0.1, 0.15) is 101 Å². The topological polar surface area (TPSA) is 71.4 Å². The van der Waals surface area contributed by atoms with Crippen molar-refractivity contribution in [1.29, 1.82) is 0 Å². The predicted molar refractivity (Wildman–Crippen MR) is 145 cm³/mol. The summed E-state index contributed by atoms with van der Waals surface area (Å²) in [5.41, 5.74) is 1.03. The van der Waals surface area contributed by atoms with Gasteiger partial charge in [0.05, 0.1) is 5.41 Å². The zero-order valence-corrected chi connectivity index (χ0v) is 23.6. The molecule has 0 radical (unpaired) electrons. The van der Waals surface area contributed by atoms with Crippen LogP contribution in [0.2, 0.25) is 0 Å². The fourth-order valence-electron chi connectivity index (χ4n) is 4.42. The summed E-state index contributed by atoms with van der Waals surface area (Å²) in [6.45, 7) is 19.3. The van der Waals surface area contributed by atoms with E-state index in [2.05, 4.69) is 0 Å². The summed E-state index contributed by atoms with van der Waals surface area (Å²) < 4.78 is 0. The van der Waals surface area contributed by atoms with Crippen molar-refractivity contribution in [3.8, 4) is 0 Å². The summed E-state index contributed by atoms with van der Waals surface area (Å²) in [4.78, 5) is 42.2. The summed E-state index contributed by atoms with van der Waals surface area (Å²) in [5.74, 6) is -1.54. The van der Waals surface area contributed by atoms with Crippen LogP contribution < -0.4 is 0 Å². The molecule has 0 fully saturated rings. The molecule has 0 amide bonds. The second kappa shape index (κ2) is 12.5. The Bertz CT molecular complexity index is 939. The third-order valence-electron chi connectivity index (χ3n) is 6.53. The number of hydrogen-bond donors (Lipinski definition) is 1. The van der Waals surface area contributed by atoms with Gasteiger partial charge in [0.1, 0.15) is 16.7 Å². The molecule has 0 saturated heterocycles. The number of aliphatic hydroxyl groups excluding tert-OH is 1. The Morgan fingerprint density at radius 2 is 1.06 bits per heavy atom. The van der Waals surface area contributed by atoms with Crippen LogP contribution in [0.25, 0.3) is 0 Å². The Hall–Kier alpha value is -2.49. The second-order valence-electron chi connectivity index (χ2n) is 11.5. The van der Waals surface area contributed by atoms with E-state index in [0.29, 0.717) is 0 Å². The minimum atomic E-state index is -1.44. The SMILES string of the molecule is CC(C)=CCC1(CC=C(C)C)C(=O)C(C(=O)CC(C)C)=C(O)C(CC=C(C)C)(CC=C(C)C)C1=O. The van der Waals surface area contributed by atoms with Gasteiger partial charge in [-0.25, -0.2) is 0 Å². The van der Waals surface area contributed by atoms with Crippen molar-refractivity contribution in [2.24, 2.45) is 16.7 Å². The van der Waals surface area contributed by atoms with Crippen LogP contribution in [0.15, 0.2) is 57.9 Å². The number of Topliss-reactive ketones (excluding diaryl/α,β-unsaturated/α-hetero) is 3. The molecule has 0 spiro atoms. The van der Waals surface area contributed by atoms with Gasteiger partial charge < -0.3 is 5.11 Å². The Balaban J connectivity index is 4.15. The summed E-state index contributed by atoms with van der Waals surface area (Å²) in [5, 5.41) is 11.6. The molecule has 0 unspecified atom stereocenters. The van der Waals surface area contributed by atoms with E-state index in [1.165, 1.54) is 0 Å². The normalized spacial score (nSPS) is 16.7. The van der Waals surface area contributed by atoms with Crippen LogP contribution in [0.3, 0.4) is 0 Å². The molecule has 0 aromatic heterocycles. The summed E-state index contributed by atoms with van der Waals surface area (Å²) in [6, 6.07) is 0. The molecule has 0 aromatic carbocycles. The van der Waals surface area contributed by atoms with Gasteiger partial charge in [-0.1, -0.05) is 60.4 Å². The molecule has 194 valence electrons. The summed E-state index contributed by atoms with van der Waals surface area (Å²) in [7, 11) is 0. The smallest absolute Gasteiger partial charge is 0.184 e. The van der Waals surface area contributed by atoms with Crippen molar-refractivity contribution in [2.75, 3.05) is 0 Å². The van der Waals surface area contributed by atoms with E-state index in [1.54, 1.807) is 0 Å². The molecule has 0 aliphatic heterocycles. The van der Waals surface area contributed by atoms with Crippen molar-refractivity contribution in [1.82, 2.24) is 0 Å². The number of rotatable bonds is 11. The van der Waals surface area contributed by atoms with Crippen molar-refractivity contribution >= 4 is 17.3 Å². The quantitative estimate of drug-likeness (QED) is 0.184. The summed E-state index contributed by atoms with van der Waals surface area (Å²) >= 11 is 0. The fraction of sp³-hybridized carbons (Fsp3) is 0.581. The molecular formula is C31H46O4. The molecule has 1 aliphatic rings. The van der Waals surface area contributed by atoms with Gasteiger partial charge in [0.25, 0.3) is 0 Å². The lowest BCUT2D eigenvalue weighted by atomic mass is 9.55. The molecule has 0 saturated carbocycles. The largest absolute Gasteiger partial charge is 0.510 e. The van der Waals surface area contributed by atoms with Crippen molar-refractivity contribution < 1.29 is 19.5 Å². The Morgan fingerprint density at radius 3 is 1.37 bits per heavy atom. The molecule has 1 rings (SSSR count). The molecule has 4 heteroatoms. The highest BCUT2D eigenvalue weighted by Crippen LogP contribution is 2.52. The summed E-state index contributed by atoms with van der Waals surface area (Å²) in [6.07, 6.45) is 8.70. The van der Waals surface area contributed by atoms with E-state index in [9.17, 15) is 19.5 Å². The first kappa shape index (κ1) is 30.5. The monoisotopic (exact) mass is 482 g/mol. The highest BCUT2D eigenvalue weighted by Gasteiger charge is 2.61. The van der Waals surface area contributed by atoms with Gasteiger partial charge in [-0.15, -0.1) is 0 Å². The lowest BCUT2D eigenvalue weighted by Crippen LogP contribution is -2.55. The molecular weight excluding hydrogens is 436 g/mol. The first-order chi connectivity index (χ1) is 16.1. The van der Waals surface area contributed by atoms with Gasteiger partial charge in [-0.3, -0.25) is 14.4 Å². The molecule has 4 nitrogen and oxygen atoms in total. The zero-order valence-electron chi connectivity index (χ0n) is 23.6. The van der Waals surface area contributed by atoms with Crippen LogP contribution in [0.5, 0.6) is 0 Å². The van der Waals surface area contributed by atoms with Crippen LogP contribution in [0, 0.1) is 16.7 Å². The number of carbonyl (C=O) groups excluding carboxylic acids is 3. The van der Waals surface area contributed by atoms with Crippen LogP contribution in [-0.4, -0.2) is 22.5 Å². The first-order valence-corrected chi connectivity index (χ1v) is 12.7. The Labute approximate surface area is 213 Å². The maximum absolute atomic E-state index is 14.6. The molecule has 35 heavy (non-hydrogen) atoms. The third-order valence-corrected chi connectivity index (χ3v) is 6.53. The van der Waals surface area contributed by atoms with Crippen LogP contribution in [-0.2, 0) is 14.4 Å². The molecule has 0 heterocycles. The van der Waals surface area contributed by atoms with Gasteiger partial charge >= 0.3 is 0 Å². The van der Waals surface area contributed by atoms with E-state index in [0.717, 1.165) is 22.3 Å². The number of ketones is 3. The molecule has 0 aromatic rings. The van der Waals surface area contributed by atoms with Crippen LogP contribution >= 0.6 is 0 Å². The molecule has 1 aliphatic carbocycles. The maximum Gasteiger partial charge on any atom is 0.184 e. The van der Waals surface area contributed by atoms with Gasteiger partial charge in [0, 0.05) is 6.42 Å². The minimum absolute atomic E-state index is 0.0168. The maximum atomic E-state index is 14.6. The number of hydrogen-bond acceptors (Lipinski definition) is 4. The molecule has 0 bridgehead atoms. The fourth-order valence-corrected chi connectivity index (χ4v) is 4.42. The van der Waals surface area contributed by atoms with E-state index >= 15 is 0 Å². The average Bonchev–Trinajstić information content (AvgIpc) is 2.72. The van der Waals surface area contributed by atoms with E-state index in [-0.39, 0.29) is 60.9 Å². The molecule has 1 N–H and O–H groups in total. The first-order valence-electron chi connectivity index (χ1n) is 12.7. The average molecular weight is 483 g/mol. The Kier molecular flexibility index (Phi) is 10.9. The van der Waals surface area contributed by atoms with Gasteiger partial charge in [-0.2, -0.15) is 0 Å². The third kappa shape index (κ3) is 7.25. The van der Waals surface area contributed by atoms with E-state index < -0.39 is 16.6 Å². The Morgan fingerprint density at radius 1 is 0.714 bits per heavy atom. The number of carbonyl (C=O) groups is 3. The van der Waals surface area contributed by atoms with E-state index in [1.807, 2.05) is 93.5 Å². The van der Waals surface area contributed by atoms with Gasteiger partial charge in [-0.05, 0) is 87.0 Å². The highest BCUT2D eigenvalue weighted by molar-refractivity contribution is 6.31.